The number of hydrogen-bond acceptors (Lipinski definition) is 5. The third-order valence-electron chi connectivity index (χ3n) is 4.44. The fourth-order valence-corrected chi connectivity index (χ4v) is 4.19. The second-order valence-electron chi connectivity index (χ2n) is 6.08. The molecule has 1 heterocycles. The minimum atomic E-state index is -3.53. The van der Waals surface area contributed by atoms with Gasteiger partial charge in [-0.05, 0) is 26.0 Å². The summed E-state index contributed by atoms with van der Waals surface area (Å²) in [6.07, 6.45) is -0.795. The first kappa shape index (κ1) is 19.4. The zero-order chi connectivity index (χ0) is 18.6. The Kier molecular flexibility index (Phi) is 6.15. The van der Waals surface area contributed by atoms with Gasteiger partial charge >= 0.3 is 6.09 Å². The lowest BCUT2D eigenvalue weighted by molar-refractivity contribution is -0.917. The van der Waals surface area contributed by atoms with Gasteiger partial charge in [-0.3, -0.25) is 10.1 Å². The molecule has 0 aliphatic carbocycles. The summed E-state index contributed by atoms with van der Waals surface area (Å²) in [6, 6.07) is 6.29. The molecule has 2 amide bonds. The Morgan fingerprint density at radius 2 is 1.76 bits per heavy atom. The number of quaternary nitrogens is 1. The van der Waals surface area contributed by atoms with E-state index >= 15 is 0 Å². The number of aryl methyl sites for hydroxylation is 1. The van der Waals surface area contributed by atoms with Crippen LogP contribution in [0.2, 0.25) is 0 Å². The minimum absolute atomic E-state index is 0.276. The number of benzene rings is 1. The van der Waals surface area contributed by atoms with E-state index < -0.39 is 28.1 Å². The van der Waals surface area contributed by atoms with Crippen LogP contribution >= 0.6 is 0 Å². The number of alkyl carbamates (subject to hydrolysis) is 1. The van der Waals surface area contributed by atoms with Crippen LogP contribution in [0, 0.1) is 6.92 Å². The molecule has 1 aromatic carbocycles. The maximum absolute atomic E-state index is 12.7. The summed E-state index contributed by atoms with van der Waals surface area (Å²) in [6.45, 7) is 5.22. The van der Waals surface area contributed by atoms with Gasteiger partial charge in [-0.2, -0.15) is 4.31 Å². The molecule has 0 spiro atoms. The molecule has 8 nitrogen and oxygen atoms in total. The van der Waals surface area contributed by atoms with Crippen molar-refractivity contribution in [1.29, 1.82) is 0 Å². The number of amides is 2. The van der Waals surface area contributed by atoms with Crippen LogP contribution in [-0.2, 0) is 19.6 Å². The monoisotopic (exact) mass is 370 g/mol. The number of imide groups is 1. The van der Waals surface area contributed by atoms with E-state index in [9.17, 15) is 18.0 Å². The Morgan fingerprint density at radius 3 is 2.28 bits per heavy atom. The highest BCUT2D eigenvalue weighted by Crippen LogP contribution is 2.16. The number of nitrogens with one attached hydrogen (secondary N) is 2. The molecule has 2 N–H and O–H groups in total. The summed E-state index contributed by atoms with van der Waals surface area (Å²) in [5.74, 6) is -0.434. The summed E-state index contributed by atoms with van der Waals surface area (Å²) in [5.41, 5.74) is 0.999. The quantitative estimate of drug-likeness (QED) is 0.720. The molecule has 1 aliphatic heterocycles. The van der Waals surface area contributed by atoms with Crippen LogP contribution in [0.15, 0.2) is 29.2 Å². The molecule has 25 heavy (non-hydrogen) atoms. The predicted octanol–water partition coefficient (Wildman–Crippen LogP) is -0.845. The van der Waals surface area contributed by atoms with Gasteiger partial charge in [-0.25, -0.2) is 13.2 Å². The first-order valence-electron chi connectivity index (χ1n) is 8.06. The number of sulfonamides is 1. The van der Waals surface area contributed by atoms with Crippen molar-refractivity contribution in [2.75, 3.05) is 33.3 Å². The van der Waals surface area contributed by atoms with Gasteiger partial charge in [0.25, 0.3) is 5.91 Å². The summed E-state index contributed by atoms with van der Waals surface area (Å²) in [7, 11) is -2.34. The average molecular weight is 370 g/mol. The lowest BCUT2D eigenvalue weighted by Gasteiger charge is -2.34. The van der Waals surface area contributed by atoms with Crippen molar-refractivity contribution in [2.24, 2.45) is 0 Å². The SMILES string of the molecule is COC(=O)NC(=O)[C@@H](C)[NH+]1CCN(S(=O)(=O)c2ccc(C)cc2)CC1. The highest BCUT2D eigenvalue weighted by Gasteiger charge is 2.34. The molecule has 1 aliphatic rings. The Morgan fingerprint density at radius 1 is 1.20 bits per heavy atom. The third-order valence-corrected chi connectivity index (χ3v) is 6.35. The Labute approximate surface area is 147 Å². The molecule has 1 saturated heterocycles. The van der Waals surface area contributed by atoms with Crippen molar-refractivity contribution in [3.05, 3.63) is 29.8 Å². The van der Waals surface area contributed by atoms with Crippen LogP contribution in [0.5, 0.6) is 0 Å². The molecule has 0 saturated carbocycles. The van der Waals surface area contributed by atoms with E-state index in [1.165, 1.54) is 11.4 Å². The molecular formula is C16H24N3O5S+. The van der Waals surface area contributed by atoms with Gasteiger partial charge in [0.2, 0.25) is 10.0 Å². The normalized spacial score (nSPS) is 17.7. The van der Waals surface area contributed by atoms with Gasteiger partial charge in [0.15, 0.2) is 6.04 Å². The molecule has 1 atom stereocenters. The van der Waals surface area contributed by atoms with Gasteiger partial charge in [0.05, 0.1) is 38.2 Å². The number of nitrogens with zero attached hydrogens (tertiary/aromatic N) is 1. The zero-order valence-electron chi connectivity index (χ0n) is 14.6. The van der Waals surface area contributed by atoms with Crippen molar-refractivity contribution >= 4 is 22.0 Å². The standard InChI is InChI=1S/C16H23N3O5S/c1-12-4-6-14(7-5-12)25(22,23)19-10-8-18(9-11-19)13(2)15(20)17-16(21)24-3/h4-7,13H,8-11H2,1-3H3,(H,17,20,21)/p+1/t13-/m1/s1. The van der Waals surface area contributed by atoms with Crippen molar-refractivity contribution in [2.45, 2.75) is 24.8 Å². The fourth-order valence-electron chi connectivity index (χ4n) is 2.75. The maximum Gasteiger partial charge on any atom is 0.413 e. The molecule has 2 rings (SSSR count). The van der Waals surface area contributed by atoms with E-state index in [0.29, 0.717) is 26.2 Å². The van der Waals surface area contributed by atoms with Crippen LogP contribution in [0.25, 0.3) is 0 Å². The topological polar surface area (TPSA) is 97.2 Å². The van der Waals surface area contributed by atoms with Gasteiger partial charge in [-0.1, -0.05) is 17.7 Å². The zero-order valence-corrected chi connectivity index (χ0v) is 15.4. The van der Waals surface area contributed by atoms with Crippen LogP contribution in [-0.4, -0.2) is 64.1 Å². The fraction of sp³-hybridized carbons (Fsp3) is 0.500. The van der Waals surface area contributed by atoms with Gasteiger partial charge in [0, 0.05) is 0 Å². The lowest BCUT2D eigenvalue weighted by atomic mass is 10.2. The first-order valence-corrected chi connectivity index (χ1v) is 9.50. The van der Waals surface area contributed by atoms with Gasteiger partial charge in [0.1, 0.15) is 0 Å². The van der Waals surface area contributed by atoms with Crippen LogP contribution in [0.4, 0.5) is 4.79 Å². The molecular weight excluding hydrogens is 346 g/mol. The predicted molar refractivity (Wildman–Crippen MR) is 90.6 cm³/mol. The third kappa shape index (κ3) is 4.56. The average Bonchev–Trinajstić information content (AvgIpc) is 2.61. The Balaban J connectivity index is 1.98. The molecule has 138 valence electrons. The highest BCUT2D eigenvalue weighted by atomic mass is 32.2. The van der Waals surface area contributed by atoms with Gasteiger partial charge < -0.3 is 9.64 Å². The van der Waals surface area contributed by atoms with Crippen LogP contribution in [0.1, 0.15) is 12.5 Å². The summed E-state index contributed by atoms with van der Waals surface area (Å²) in [4.78, 5) is 24.3. The summed E-state index contributed by atoms with van der Waals surface area (Å²) < 4.78 is 31.2. The smallest absolute Gasteiger partial charge is 0.413 e. The summed E-state index contributed by atoms with van der Waals surface area (Å²) in [5, 5.41) is 2.15. The Bertz CT molecular complexity index is 725. The second kappa shape index (κ2) is 7.94. The lowest BCUT2D eigenvalue weighted by Crippen LogP contribution is -3.19. The van der Waals surface area contributed by atoms with Crippen LogP contribution in [0.3, 0.4) is 0 Å². The van der Waals surface area contributed by atoms with Crippen molar-refractivity contribution in [3.63, 3.8) is 0 Å². The molecule has 9 heteroatoms. The van der Waals surface area contributed by atoms with Crippen LogP contribution < -0.4 is 10.2 Å². The molecule has 0 bridgehead atoms. The number of ether oxygens (including phenoxy) is 1. The molecule has 0 aromatic heterocycles. The highest BCUT2D eigenvalue weighted by molar-refractivity contribution is 7.89. The van der Waals surface area contributed by atoms with E-state index in [1.54, 1.807) is 31.2 Å². The van der Waals surface area contributed by atoms with Crippen molar-refractivity contribution in [1.82, 2.24) is 9.62 Å². The summed E-state index contributed by atoms with van der Waals surface area (Å²) >= 11 is 0. The van der Waals surface area contributed by atoms with E-state index in [2.05, 4.69) is 10.1 Å². The number of piperazine rings is 1. The number of carbonyl (C=O) groups excluding carboxylic acids is 2. The first-order chi connectivity index (χ1) is 11.8. The number of methoxy groups -OCH3 is 1. The van der Waals surface area contributed by atoms with Crippen molar-refractivity contribution in [3.8, 4) is 0 Å². The van der Waals surface area contributed by atoms with E-state index in [-0.39, 0.29) is 4.90 Å². The maximum atomic E-state index is 12.7. The minimum Gasteiger partial charge on any atom is -0.453 e. The molecule has 0 unspecified atom stereocenters. The number of hydrogen-bond donors (Lipinski definition) is 2. The van der Waals surface area contributed by atoms with Gasteiger partial charge in [-0.15, -0.1) is 0 Å². The largest absolute Gasteiger partial charge is 0.453 e. The van der Waals surface area contributed by atoms with Crippen molar-refractivity contribution < 1.29 is 27.6 Å². The second-order valence-corrected chi connectivity index (χ2v) is 8.02. The van der Waals surface area contributed by atoms with E-state index in [1.807, 2.05) is 6.92 Å². The number of carbonyl (C=O) groups is 2. The molecule has 0 radical (unpaired) electrons. The number of rotatable bonds is 4. The molecule has 1 aromatic rings. The Hall–Kier alpha value is -1.97. The molecule has 1 fully saturated rings. The van der Waals surface area contributed by atoms with E-state index in [4.69, 9.17) is 0 Å². The van der Waals surface area contributed by atoms with E-state index in [0.717, 1.165) is 10.5 Å².